The van der Waals surface area contributed by atoms with Crippen LogP contribution in [0.1, 0.15) is 40.9 Å². The van der Waals surface area contributed by atoms with Gasteiger partial charge in [0.1, 0.15) is 10.0 Å². The first-order valence-electron chi connectivity index (χ1n) is 5.98. The molecule has 90 valence electrons. The van der Waals surface area contributed by atoms with Crippen molar-refractivity contribution >= 4 is 23.1 Å². The third kappa shape index (κ3) is 3.43. The summed E-state index contributed by atoms with van der Waals surface area (Å²) in [5, 5.41) is 14.9. The topological polar surface area (TPSA) is 37.8 Å². The van der Waals surface area contributed by atoms with Crippen LogP contribution in [0.3, 0.4) is 0 Å². The standard InChI is InChI=1S/C11H19N3S2/c1-12-7-4-6-10-13-14-11(16-10)9-5-2-3-8-15-9/h9,12H,2-8H2,1H3. The van der Waals surface area contributed by atoms with Gasteiger partial charge in [-0.3, -0.25) is 0 Å². The zero-order valence-electron chi connectivity index (χ0n) is 9.74. The largest absolute Gasteiger partial charge is 0.320 e. The number of nitrogens with one attached hydrogen (secondary N) is 1. The molecule has 1 N–H and O–H groups in total. The number of rotatable bonds is 5. The van der Waals surface area contributed by atoms with Gasteiger partial charge in [0.05, 0.1) is 5.25 Å². The van der Waals surface area contributed by atoms with Gasteiger partial charge in [0.25, 0.3) is 0 Å². The van der Waals surface area contributed by atoms with Gasteiger partial charge in [-0.2, -0.15) is 11.8 Å². The van der Waals surface area contributed by atoms with Gasteiger partial charge in [-0.1, -0.05) is 6.42 Å². The van der Waals surface area contributed by atoms with Crippen molar-refractivity contribution in [1.29, 1.82) is 0 Å². The molecule has 1 fully saturated rings. The summed E-state index contributed by atoms with van der Waals surface area (Å²) in [7, 11) is 1.99. The maximum Gasteiger partial charge on any atom is 0.130 e. The second-order valence-corrected chi connectivity index (χ2v) is 6.50. The molecule has 0 bridgehead atoms. The van der Waals surface area contributed by atoms with Crippen LogP contribution < -0.4 is 5.32 Å². The maximum atomic E-state index is 4.35. The van der Waals surface area contributed by atoms with E-state index in [0.717, 1.165) is 19.4 Å². The average molecular weight is 257 g/mol. The summed E-state index contributed by atoms with van der Waals surface area (Å²) in [5.41, 5.74) is 0. The van der Waals surface area contributed by atoms with Crippen LogP contribution in [-0.2, 0) is 6.42 Å². The molecule has 0 aromatic carbocycles. The molecule has 1 aliphatic rings. The summed E-state index contributed by atoms with van der Waals surface area (Å²) in [4.78, 5) is 0. The third-order valence-corrected chi connectivity index (χ3v) is 5.39. The summed E-state index contributed by atoms with van der Waals surface area (Å²) in [5.74, 6) is 1.29. The molecule has 2 heterocycles. The SMILES string of the molecule is CNCCCc1nnc(C2CCCCS2)s1. The predicted molar refractivity (Wildman–Crippen MR) is 71.2 cm³/mol. The van der Waals surface area contributed by atoms with Crippen molar-refractivity contribution in [3.8, 4) is 0 Å². The fraction of sp³-hybridized carbons (Fsp3) is 0.818. The van der Waals surface area contributed by atoms with E-state index >= 15 is 0 Å². The zero-order valence-corrected chi connectivity index (χ0v) is 11.4. The zero-order chi connectivity index (χ0) is 11.2. The third-order valence-electron chi connectivity index (χ3n) is 2.76. The lowest BCUT2D eigenvalue weighted by Crippen LogP contribution is -2.08. The Hall–Kier alpha value is -0.130. The smallest absolute Gasteiger partial charge is 0.130 e. The number of aryl methyl sites for hydroxylation is 1. The van der Waals surface area contributed by atoms with Crippen molar-refractivity contribution in [3.63, 3.8) is 0 Å². The van der Waals surface area contributed by atoms with E-state index in [0.29, 0.717) is 5.25 Å². The van der Waals surface area contributed by atoms with Gasteiger partial charge in [0.2, 0.25) is 0 Å². The minimum absolute atomic E-state index is 0.629. The molecule has 1 saturated heterocycles. The van der Waals surface area contributed by atoms with E-state index in [2.05, 4.69) is 27.3 Å². The highest BCUT2D eigenvalue weighted by Crippen LogP contribution is 2.39. The molecule has 16 heavy (non-hydrogen) atoms. The van der Waals surface area contributed by atoms with Crippen LogP contribution in [-0.4, -0.2) is 29.5 Å². The van der Waals surface area contributed by atoms with Crippen molar-refractivity contribution in [2.75, 3.05) is 19.3 Å². The Morgan fingerprint density at radius 1 is 1.38 bits per heavy atom. The number of aromatic nitrogens is 2. The van der Waals surface area contributed by atoms with E-state index in [1.165, 1.54) is 35.0 Å². The van der Waals surface area contributed by atoms with E-state index in [1.54, 1.807) is 0 Å². The summed E-state index contributed by atoms with van der Waals surface area (Å²) in [6.45, 7) is 1.06. The predicted octanol–water partition coefficient (Wildman–Crippen LogP) is 2.65. The highest BCUT2D eigenvalue weighted by Gasteiger charge is 2.19. The summed E-state index contributed by atoms with van der Waals surface area (Å²) in [6.07, 6.45) is 6.23. The molecule has 5 heteroatoms. The Morgan fingerprint density at radius 2 is 2.31 bits per heavy atom. The lowest BCUT2D eigenvalue weighted by atomic mass is 10.2. The van der Waals surface area contributed by atoms with Crippen LogP contribution in [0.4, 0.5) is 0 Å². The van der Waals surface area contributed by atoms with Crippen LogP contribution in [0.2, 0.25) is 0 Å². The van der Waals surface area contributed by atoms with Crippen LogP contribution in [0.15, 0.2) is 0 Å². The molecule has 2 rings (SSSR count). The minimum atomic E-state index is 0.629. The normalized spacial score (nSPS) is 21.2. The van der Waals surface area contributed by atoms with Crippen molar-refractivity contribution in [2.24, 2.45) is 0 Å². The van der Waals surface area contributed by atoms with Gasteiger partial charge < -0.3 is 5.32 Å². The second kappa shape index (κ2) is 6.57. The molecule has 1 atom stereocenters. The molecule has 3 nitrogen and oxygen atoms in total. The van der Waals surface area contributed by atoms with Gasteiger partial charge in [-0.15, -0.1) is 21.5 Å². The fourth-order valence-corrected chi connectivity index (χ4v) is 4.28. The molecule has 0 amide bonds. The Bertz CT molecular complexity index is 308. The van der Waals surface area contributed by atoms with Gasteiger partial charge in [0, 0.05) is 6.42 Å². The minimum Gasteiger partial charge on any atom is -0.320 e. The molecule has 1 aliphatic heterocycles. The first-order chi connectivity index (χ1) is 7.90. The number of thioether (sulfide) groups is 1. The Morgan fingerprint density at radius 3 is 3.06 bits per heavy atom. The monoisotopic (exact) mass is 257 g/mol. The highest BCUT2D eigenvalue weighted by molar-refractivity contribution is 7.99. The average Bonchev–Trinajstić information content (AvgIpc) is 2.79. The summed E-state index contributed by atoms with van der Waals surface area (Å²) in [6, 6.07) is 0. The quantitative estimate of drug-likeness (QED) is 0.823. The van der Waals surface area contributed by atoms with Gasteiger partial charge in [0.15, 0.2) is 0 Å². The lowest BCUT2D eigenvalue weighted by molar-refractivity contribution is 0.677. The van der Waals surface area contributed by atoms with Gasteiger partial charge in [-0.25, -0.2) is 0 Å². The fourth-order valence-electron chi connectivity index (χ4n) is 1.85. The van der Waals surface area contributed by atoms with Gasteiger partial charge in [-0.05, 0) is 38.6 Å². The second-order valence-electron chi connectivity index (χ2n) is 4.10. The van der Waals surface area contributed by atoms with E-state index in [4.69, 9.17) is 0 Å². The number of hydrogen-bond acceptors (Lipinski definition) is 5. The summed E-state index contributed by atoms with van der Waals surface area (Å²) < 4.78 is 0. The first-order valence-corrected chi connectivity index (χ1v) is 7.85. The first kappa shape index (κ1) is 12.3. The van der Waals surface area contributed by atoms with E-state index in [1.807, 2.05) is 18.4 Å². The van der Waals surface area contributed by atoms with E-state index < -0.39 is 0 Å². The van der Waals surface area contributed by atoms with E-state index in [9.17, 15) is 0 Å². The molecule has 0 spiro atoms. The Labute approximate surface area is 105 Å². The molecule has 1 aromatic heterocycles. The molecular weight excluding hydrogens is 238 g/mol. The molecule has 0 radical (unpaired) electrons. The van der Waals surface area contributed by atoms with Crippen molar-refractivity contribution in [1.82, 2.24) is 15.5 Å². The van der Waals surface area contributed by atoms with Crippen molar-refractivity contribution in [3.05, 3.63) is 10.0 Å². The molecular formula is C11H19N3S2. The summed E-state index contributed by atoms with van der Waals surface area (Å²) >= 11 is 3.87. The highest BCUT2D eigenvalue weighted by atomic mass is 32.2. The van der Waals surface area contributed by atoms with Crippen LogP contribution in [0, 0.1) is 0 Å². The number of hydrogen-bond donors (Lipinski definition) is 1. The number of nitrogens with zero attached hydrogens (tertiary/aromatic N) is 2. The van der Waals surface area contributed by atoms with Crippen LogP contribution in [0.5, 0.6) is 0 Å². The van der Waals surface area contributed by atoms with Crippen LogP contribution in [0.25, 0.3) is 0 Å². The lowest BCUT2D eigenvalue weighted by Gasteiger charge is -2.17. The van der Waals surface area contributed by atoms with Gasteiger partial charge >= 0.3 is 0 Å². The molecule has 1 unspecified atom stereocenters. The maximum absolute atomic E-state index is 4.35. The molecule has 1 aromatic rings. The van der Waals surface area contributed by atoms with Crippen molar-refractivity contribution < 1.29 is 0 Å². The Kier molecular flexibility index (Phi) is 5.06. The van der Waals surface area contributed by atoms with Crippen molar-refractivity contribution in [2.45, 2.75) is 37.4 Å². The molecule has 0 saturated carbocycles. The Balaban J connectivity index is 1.85. The van der Waals surface area contributed by atoms with Crippen LogP contribution >= 0.6 is 23.1 Å². The molecule has 0 aliphatic carbocycles. The van der Waals surface area contributed by atoms with E-state index in [-0.39, 0.29) is 0 Å².